The van der Waals surface area contributed by atoms with E-state index >= 15 is 0 Å². The number of nitrogens with zero attached hydrogens (tertiary/aromatic N) is 2. The number of thiazole rings is 1. The number of hydrogen-bond acceptors (Lipinski definition) is 6. The van der Waals surface area contributed by atoms with Crippen LogP contribution in [0.5, 0.6) is 0 Å². The molecule has 0 aliphatic carbocycles. The van der Waals surface area contributed by atoms with Gasteiger partial charge in [-0.2, -0.15) is 4.37 Å². The van der Waals surface area contributed by atoms with E-state index in [-0.39, 0.29) is 0 Å². The molecule has 4 nitrogen and oxygen atoms in total. The van der Waals surface area contributed by atoms with Crippen molar-refractivity contribution in [1.82, 2.24) is 9.36 Å². The zero-order valence-corrected chi connectivity index (χ0v) is 13.5. The predicted octanol–water partition coefficient (Wildman–Crippen LogP) is 4.08. The maximum atomic E-state index is 6.00. The molecule has 0 unspecified atom stereocenters. The van der Waals surface area contributed by atoms with Gasteiger partial charge in [0.25, 0.3) is 0 Å². The van der Waals surface area contributed by atoms with Gasteiger partial charge in [0.1, 0.15) is 15.8 Å². The van der Waals surface area contributed by atoms with Crippen LogP contribution < -0.4 is 11.1 Å². The van der Waals surface area contributed by atoms with Crippen LogP contribution in [0.1, 0.15) is 16.8 Å². The van der Waals surface area contributed by atoms with E-state index in [2.05, 4.69) is 45.9 Å². The van der Waals surface area contributed by atoms with E-state index in [0.717, 1.165) is 27.8 Å². The summed E-state index contributed by atoms with van der Waals surface area (Å²) < 4.78 is 4.25. The molecule has 0 aliphatic heterocycles. The van der Waals surface area contributed by atoms with Crippen LogP contribution in [0.2, 0.25) is 0 Å². The van der Waals surface area contributed by atoms with Gasteiger partial charge in [-0.15, -0.1) is 11.3 Å². The average molecular weight is 316 g/mol. The molecule has 0 atom stereocenters. The van der Waals surface area contributed by atoms with Crippen LogP contribution in [-0.4, -0.2) is 9.36 Å². The van der Waals surface area contributed by atoms with Crippen molar-refractivity contribution >= 4 is 33.7 Å². The van der Waals surface area contributed by atoms with Gasteiger partial charge in [-0.3, -0.25) is 0 Å². The molecule has 6 heteroatoms. The van der Waals surface area contributed by atoms with Crippen LogP contribution in [0, 0.1) is 13.8 Å². The molecule has 0 radical (unpaired) electrons. The third kappa shape index (κ3) is 3.06. The molecule has 21 heavy (non-hydrogen) atoms. The first-order valence-electron chi connectivity index (χ1n) is 6.60. The lowest BCUT2D eigenvalue weighted by atomic mass is 10.1. The van der Waals surface area contributed by atoms with Crippen LogP contribution in [0.4, 0.5) is 10.8 Å². The Bertz CT molecular complexity index is 743. The fourth-order valence-corrected chi connectivity index (χ4v) is 3.62. The maximum Gasteiger partial charge on any atom is 0.149 e. The summed E-state index contributed by atoms with van der Waals surface area (Å²) >= 11 is 2.98. The van der Waals surface area contributed by atoms with E-state index in [1.54, 1.807) is 11.3 Å². The van der Waals surface area contributed by atoms with Crippen molar-refractivity contribution in [3.8, 4) is 10.6 Å². The third-order valence-corrected chi connectivity index (χ3v) is 4.92. The number of aryl methyl sites for hydroxylation is 2. The Balaban J connectivity index is 1.81. The highest BCUT2D eigenvalue weighted by Gasteiger charge is 2.16. The van der Waals surface area contributed by atoms with Crippen LogP contribution >= 0.6 is 22.9 Å². The van der Waals surface area contributed by atoms with Crippen molar-refractivity contribution in [3.63, 3.8) is 0 Å². The second-order valence-corrected chi connectivity index (χ2v) is 6.54. The van der Waals surface area contributed by atoms with E-state index in [1.807, 2.05) is 12.3 Å². The number of aromatic nitrogens is 2. The second-order valence-electron chi connectivity index (χ2n) is 4.91. The SMILES string of the molecule is Cc1ccc(CNc2snc(N)c2-c2nc(C)cs2)cc1. The highest BCUT2D eigenvalue weighted by atomic mass is 32.1. The Morgan fingerprint density at radius 1 is 1.19 bits per heavy atom. The van der Waals surface area contributed by atoms with Gasteiger partial charge in [0.05, 0.1) is 5.56 Å². The smallest absolute Gasteiger partial charge is 0.149 e. The first-order valence-corrected chi connectivity index (χ1v) is 8.26. The summed E-state index contributed by atoms with van der Waals surface area (Å²) in [7, 11) is 0. The summed E-state index contributed by atoms with van der Waals surface area (Å²) in [5.74, 6) is 0.542. The molecular weight excluding hydrogens is 300 g/mol. The molecule has 3 N–H and O–H groups in total. The number of rotatable bonds is 4. The summed E-state index contributed by atoms with van der Waals surface area (Å²) in [5.41, 5.74) is 10.4. The Hall–Kier alpha value is -1.92. The van der Waals surface area contributed by atoms with Crippen LogP contribution in [0.25, 0.3) is 10.6 Å². The Morgan fingerprint density at radius 3 is 2.62 bits per heavy atom. The van der Waals surface area contributed by atoms with Gasteiger partial charge in [0.2, 0.25) is 0 Å². The van der Waals surface area contributed by atoms with Gasteiger partial charge in [-0.25, -0.2) is 4.98 Å². The minimum atomic E-state index is 0.542. The average Bonchev–Trinajstić information content (AvgIpc) is 3.04. The molecule has 0 amide bonds. The lowest BCUT2D eigenvalue weighted by Gasteiger charge is -2.06. The minimum absolute atomic E-state index is 0.542. The molecule has 2 heterocycles. The van der Waals surface area contributed by atoms with Crippen molar-refractivity contribution in [3.05, 3.63) is 46.5 Å². The number of nitrogens with one attached hydrogen (secondary N) is 1. The third-order valence-electron chi connectivity index (χ3n) is 3.13. The first kappa shape index (κ1) is 14.0. The standard InChI is InChI=1S/C15H16N4S2/c1-9-3-5-11(6-4-9)7-17-14-12(13(16)19-21-14)15-18-10(2)8-20-15/h3-6,8,17H,7H2,1-2H3,(H2,16,19). The van der Waals surface area contributed by atoms with E-state index in [9.17, 15) is 0 Å². The molecule has 0 aliphatic rings. The minimum Gasteiger partial charge on any atom is -0.382 e. The second kappa shape index (κ2) is 5.83. The van der Waals surface area contributed by atoms with Crippen molar-refractivity contribution in [1.29, 1.82) is 0 Å². The van der Waals surface area contributed by atoms with Gasteiger partial charge in [0.15, 0.2) is 0 Å². The summed E-state index contributed by atoms with van der Waals surface area (Å²) in [6, 6.07) is 8.48. The first-order chi connectivity index (χ1) is 10.1. The lowest BCUT2D eigenvalue weighted by Crippen LogP contribution is -1.99. The number of benzene rings is 1. The fourth-order valence-electron chi connectivity index (χ4n) is 1.99. The van der Waals surface area contributed by atoms with E-state index < -0.39 is 0 Å². The molecule has 1 aromatic carbocycles. The molecular formula is C15H16N4S2. The summed E-state index contributed by atoms with van der Waals surface area (Å²) in [4.78, 5) is 4.51. The molecule has 3 aromatic rings. The monoisotopic (exact) mass is 316 g/mol. The van der Waals surface area contributed by atoms with Crippen LogP contribution in [0.15, 0.2) is 29.6 Å². The Morgan fingerprint density at radius 2 is 1.95 bits per heavy atom. The largest absolute Gasteiger partial charge is 0.382 e. The van der Waals surface area contributed by atoms with Gasteiger partial charge in [-0.1, -0.05) is 29.8 Å². The normalized spacial score (nSPS) is 10.8. The number of anilines is 2. The van der Waals surface area contributed by atoms with Crippen LogP contribution in [-0.2, 0) is 6.54 Å². The molecule has 0 bridgehead atoms. The highest BCUT2D eigenvalue weighted by Crippen LogP contribution is 2.38. The molecule has 3 rings (SSSR count). The highest BCUT2D eigenvalue weighted by molar-refractivity contribution is 7.15. The van der Waals surface area contributed by atoms with Gasteiger partial charge >= 0.3 is 0 Å². The number of hydrogen-bond donors (Lipinski definition) is 2. The van der Waals surface area contributed by atoms with E-state index in [1.165, 1.54) is 22.7 Å². The summed E-state index contributed by atoms with van der Waals surface area (Å²) in [5, 5.41) is 7.34. The lowest BCUT2D eigenvalue weighted by molar-refractivity contribution is 1.15. The molecule has 0 spiro atoms. The summed E-state index contributed by atoms with van der Waals surface area (Å²) in [6.45, 7) is 4.82. The zero-order valence-electron chi connectivity index (χ0n) is 11.9. The summed E-state index contributed by atoms with van der Waals surface area (Å²) in [6.07, 6.45) is 0. The van der Waals surface area contributed by atoms with E-state index in [4.69, 9.17) is 5.73 Å². The van der Waals surface area contributed by atoms with Crippen molar-refractivity contribution < 1.29 is 0 Å². The van der Waals surface area contributed by atoms with Crippen molar-refractivity contribution in [2.75, 3.05) is 11.1 Å². The molecule has 108 valence electrons. The Kier molecular flexibility index (Phi) is 3.90. The van der Waals surface area contributed by atoms with Gasteiger partial charge in [-0.05, 0) is 30.9 Å². The van der Waals surface area contributed by atoms with Crippen molar-refractivity contribution in [2.24, 2.45) is 0 Å². The topological polar surface area (TPSA) is 63.8 Å². The van der Waals surface area contributed by atoms with E-state index in [0.29, 0.717) is 5.82 Å². The van der Waals surface area contributed by atoms with Gasteiger partial charge in [0, 0.05) is 17.6 Å². The van der Waals surface area contributed by atoms with Crippen molar-refractivity contribution in [2.45, 2.75) is 20.4 Å². The quantitative estimate of drug-likeness (QED) is 0.761. The zero-order chi connectivity index (χ0) is 14.8. The molecule has 0 fully saturated rings. The number of nitrogen functional groups attached to an aromatic ring is 1. The molecule has 0 saturated carbocycles. The maximum absolute atomic E-state index is 6.00. The molecule has 0 saturated heterocycles. The molecule has 2 aromatic heterocycles. The Labute approximate surface area is 131 Å². The van der Waals surface area contributed by atoms with Gasteiger partial charge < -0.3 is 11.1 Å². The van der Waals surface area contributed by atoms with Crippen LogP contribution in [0.3, 0.4) is 0 Å². The fraction of sp³-hybridized carbons (Fsp3) is 0.200. The predicted molar refractivity (Wildman–Crippen MR) is 90.9 cm³/mol. The number of nitrogens with two attached hydrogens (primary N) is 1.